The number of carbonyl (C=O) groups is 1. The quantitative estimate of drug-likeness (QED) is 0.258. The minimum absolute atomic E-state index is 1.03. The maximum absolute atomic E-state index is 10.7. The Hall–Kier alpha value is -0.380. The Morgan fingerprint density at radius 2 is 1.75 bits per heavy atom. The molecule has 0 amide bonds. The van der Waals surface area contributed by atoms with Gasteiger partial charge in [-0.1, -0.05) is 0 Å². The summed E-state index contributed by atoms with van der Waals surface area (Å²) in [7, 11) is -4.98. The molecule has 0 saturated heterocycles. The fourth-order valence-electron chi connectivity index (χ4n) is 0.867. The van der Waals surface area contributed by atoms with Crippen molar-refractivity contribution in [1.29, 1.82) is 0 Å². The minimum Gasteiger partial charge on any atom is -0.394 e. The van der Waals surface area contributed by atoms with Crippen molar-refractivity contribution in [2.45, 2.75) is 18.3 Å². The maximum atomic E-state index is 10.7. The van der Waals surface area contributed by atoms with Gasteiger partial charge in [0.1, 0.15) is 24.9 Å². The van der Waals surface area contributed by atoms with Gasteiger partial charge in [0, 0.05) is 0 Å². The number of ketones is 1. The van der Waals surface area contributed by atoms with Gasteiger partial charge in [-0.05, 0) is 0 Å². The average Bonchev–Trinajstić information content (AvgIpc) is 2.21. The molecule has 96 valence electrons. The molecule has 0 aliphatic rings. The summed E-state index contributed by atoms with van der Waals surface area (Å²) < 4.78 is 14.3. The second-order valence-electron chi connectivity index (χ2n) is 2.88. The van der Waals surface area contributed by atoms with Crippen LogP contribution in [0.5, 0.6) is 0 Å². The van der Waals surface area contributed by atoms with Crippen molar-refractivity contribution in [3.05, 3.63) is 0 Å². The molecule has 0 unspecified atom stereocenters. The standard InChI is InChI=1S/C6H13O9P/c7-1-3(9)5(10)6(11)4(2-8)15-16(12,13)14/h4-8,10-11H,1-2H2,(H2,12,13,14)/t4-,5-,6-/m1/s1. The molecule has 3 atom stereocenters. The van der Waals surface area contributed by atoms with Crippen LogP contribution in [0, 0.1) is 0 Å². The lowest BCUT2D eigenvalue weighted by atomic mass is 10.1. The number of aliphatic hydroxyl groups is 4. The first kappa shape index (κ1) is 15.6. The van der Waals surface area contributed by atoms with Crippen LogP contribution in [0.4, 0.5) is 0 Å². The number of carbonyl (C=O) groups excluding carboxylic acids is 1. The highest BCUT2D eigenvalue weighted by Gasteiger charge is 2.35. The molecule has 6 N–H and O–H groups in total. The highest BCUT2D eigenvalue weighted by atomic mass is 31.2. The summed E-state index contributed by atoms with van der Waals surface area (Å²) in [5, 5.41) is 35.3. The number of phosphoric acid groups is 1. The number of rotatable bonds is 7. The number of Topliss-reactive ketones (excluding diaryl/α,β-unsaturated/α-hetero) is 1. The Kier molecular flexibility index (Phi) is 6.23. The number of phosphoric ester groups is 1. The molecule has 0 fully saturated rings. The smallest absolute Gasteiger partial charge is 0.394 e. The fourth-order valence-corrected chi connectivity index (χ4v) is 1.41. The molecular weight excluding hydrogens is 247 g/mol. The highest BCUT2D eigenvalue weighted by Crippen LogP contribution is 2.38. The van der Waals surface area contributed by atoms with Crippen molar-refractivity contribution < 1.29 is 44.1 Å². The van der Waals surface area contributed by atoms with Crippen molar-refractivity contribution in [2.75, 3.05) is 13.2 Å². The van der Waals surface area contributed by atoms with Gasteiger partial charge in [0.15, 0.2) is 5.78 Å². The van der Waals surface area contributed by atoms with E-state index in [9.17, 15) is 14.5 Å². The number of hydrogen-bond donors (Lipinski definition) is 6. The molecule has 0 aliphatic heterocycles. The second-order valence-corrected chi connectivity index (χ2v) is 4.07. The normalized spacial score (nSPS) is 17.9. The third kappa shape index (κ3) is 5.10. The van der Waals surface area contributed by atoms with Crippen molar-refractivity contribution in [1.82, 2.24) is 0 Å². The molecule has 0 aromatic carbocycles. The summed E-state index contributed by atoms with van der Waals surface area (Å²) >= 11 is 0. The van der Waals surface area contributed by atoms with E-state index in [2.05, 4.69) is 4.52 Å². The minimum atomic E-state index is -4.98. The molecule has 0 aliphatic carbocycles. The molecule has 0 rings (SSSR count). The zero-order valence-electron chi connectivity index (χ0n) is 8.00. The van der Waals surface area contributed by atoms with Crippen molar-refractivity contribution >= 4 is 13.6 Å². The predicted molar refractivity (Wildman–Crippen MR) is 48.1 cm³/mol. The highest BCUT2D eigenvalue weighted by molar-refractivity contribution is 7.46. The third-order valence-corrected chi connectivity index (χ3v) is 2.19. The first-order valence-corrected chi connectivity index (χ1v) is 5.60. The molecule has 10 heteroatoms. The van der Waals surface area contributed by atoms with E-state index >= 15 is 0 Å². The fraction of sp³-hybridized carbons (Fsp3) is 0.833. The van der Waals surface area contributed by atoms with Gasteiger partial charge < -0.3 is 30.2 Å². The van der Waals surface area contributed by atoms with Gasteiger partial charge in [-0.2, -0.15) is 0 Å². The largest absolute Gasteiger partial charge is 0.470 e. The third-order valence-electron chi connectivity index (χ3n) is 1.64. The van der Waals surface area contributed by atoms with Gasteiger partial charge in [0.05, 0.1) is 6.61 Å². The Balaban J connectivity index is 4.59. The topological polar surface area (TPSA) is 165 Å². The molecule has 0 aromatic rings. The van der Waals surface area contributed by atoms with E-state index in [4.69, 9.17) is 25.1 Å². The van der Waals surface area contributed by atoms with Crippen LogP contribution in [0.15, 0.2) is 0 Å². The van der Waals surface area contributed by atoms with Gasteiger partial charge in [0.2, 0.25) is 0 Å². The molecule has 0 saturated carbocycles. The van der Waals surface area contributed by atoms with Gasteiger partial charge >= 0.3 is 7.82 Å². The predicted octanol–water partition coefficient (Wildman–Crippen LogP) is -3.26. The lowest BCUT2D eigenvalue weighted by Crippen LogP contribution is -2.45. The summed E-state index contributed by atoms with van der Waals surface area (Å²) in [6.45, 7) is -2.09. The molecule has 9 nitrogen and oxygen atoms in total. The van der Waals surface area contributed by atoms with Crippen LogP contribution in [-0.4, -0.2) is 67.5 Å². The first-order valence-electron chi connectivity index (χ1n) is 4.07. The lowest BCUT2D eigenvalue weighted by molar-refractivity contribution is -0.142. The maximum Gasteiger partial charge on any atom is 0.470 e. The number of hydrogen-bond acceptors (Lipinski definition) is 7. The lowest BCUT2D eigenvalue weighted by Gasteiger charge is -2.24. The average molecular weight is 260 g/mol. The van der Waals surface area contributed by atoms with Gasteiger partial charge in [-0.25, -0.2) is 4.57 Å². The van der Waals surface area contributed by atoms with E-state index in [1.807, 2.05) is 0 Å². The van der Waals surface area contributed by atoms with Gasteiger partial charge in [-0.3, -0.25) is 9.32 Å². The van der Waals surface area contributed by atoms with E-state index in [-0.39, 0.29) is 0 Å². The SMILES string of the molecule is O=C(CO)[C@@H](O)[C@H](O)[C@@H](CO)OP(=O)(O)O. The van der Waals surface area contributed by atoms with Crippen molar-refractivity contribution in [3.8, 4) is 0 Å². The molecule has 0 spiro atoms. The summed E-state index contributed by atoms with van der Waals surface area (Å²) in [4.78, 5) is 27.5. The Bertz CT molecular complexity index is 273. The first-order chi connectivity index (χ1) is 7.22. The van der Waals surface area contributed by atoms with Crippen LogP contribution in [-0.2, 0) is 13.9 Å². The molecule has 0 bridgehead atoms. The van der Waals surface area contributed by atoms with Gasteiger partial charge in [-0.15, -0.1) is 0 Å². The van der Waals surface area contributed by atoms with E-state index < -0.39 is 45.1 Å². The molecule has 0 heterocycles. The van der Waals surface area contributed by atoms with Crippen LogP contribution < -0.4 is 0 Å². The summed E-state index contributed by atoms with van der Waals surface area (Å²) in [5.41, 5.74) is 0. The van der Waals surface area contributed by atoms with Crippen LogP contribution in [0.3, 0.4) is 0 Å². The Morgan fingerprint density at radius 1 is 1.25 bits per heavy atom. The molecule has 0 radical (unpaired) electrons. The van der Waals surface area contributed by atoms with E-state index in [0.717, 1.165) is 0 Å². The van der Waals surface area contributed by atoms with Crippen LogP contribution in [0.1, 0.15) is 0 Å². The summed E-state index contributed by atoms with van der Waals surface area (Å²) in [6.07, 6.45) is -6.00. The van der Waals surface area contributed by atoms with E-state index in [1.165, 1.54) is 0 Å². The van der Waals surface area contributed by atoms with Crippen LogP contribution >= 0.6 is 7.82 Å². The monoisotopic (exact) mass is 260 g/mol. The van der Waals surface area contributed by atoms with Crippen LogP contribution in [0.2, 0.25) is 0 Å². The zero-order chi connectivity index (χ0) is 12.9. The summed E-state index contributed by atoms with van der Waals surface area (Å²) in [6, 6.07) is 0. The molecule has 16 heavy (non-hydrogen) atoms. The van der Waals surface area contributed by atoms with Crippen molar-refractivity contribution in [3.63, 3.8) is 0 Å². The van der Waals surface area contributed by atoms with E-state index in [0.29, 0.717) is 0 Å². The van der Waals surface area contributed by atoms with Crippen molar-refractivity contribution in [2.24, 2.45) is 0 Å². The molecular formula is C6H13O9P. The Morgan fingerprint density at radius 3 is 2.06 bits per heavy atom. The van der Waals surface area contributed by atoms with E-state index in [1.54, 1.807) is 0 Å². The second kappa shape index (κ2) is 6.38. The summed E-state index contributed by atoms with van der Waals surface area (Å²) in [5.74, 6) is -1.17. The van der Waals surface area contributed by atoms with Gasteiger partial charge in [0.25, 0.3) is 0 Å². The number of aliphatic hydroxyl groups excluding tert-OH is 4. The molecule has 0 aromatic heterocycles. The zero-order valence-corrected chi connectivity index (χ0v) is 8.90. The van der Waals surface area contributed by atoms with Crippen LogP contribution in [0.25, 0.3) is 0 Å². The Labute approximate surface area is 90.2 Å².